The van der Waals surface area contributed by atoms with E-state index in [0.29, 0.717) is 22.5 Å². The molecule has 6 nitrogen and oxygen atoms in total. The highest BCUT2D eigenvalue weighted by molar-refractivity contribution is 7.73. The van der Waals surface area contributed by atoms with Crippen molar-refractivity contribution in [2.24, 2.45) is 7.05 Å². The van der Waals surface area contributed by atoms with Crippen LogP contribution in [0.15, 0.2) is 48.7 Å². The van der Waals surface area contributed by atoms with Crippen LogP contribution in [0, 0.1) is 0 Å². The van der Waals surface area contributed by atoms with Gasteiger partial charge < -0.3 is 9.88 Å². The Morgan fingerprint density at radius 1 is 1.16 bits per heavy atom. The van der Waals surface area contributed by atoms with Gasteiger partial charge in [-0.1, -0.05) is 18.2 Å². The van der Waals surface area contributed by atoms with Gasteiger partial charge in [0.2, 0.25) is 10.9 Å². The molecule has 1 amide bonds. The number of para-hydroxylation sites is 1. The lowest BCUT2D eigenvalue weighted by Crippen LogP contribution is -2.03. The van der Waals surface area contributed by atoms with E-state index < -0.39 is 10.9 Å². The van der Waals surface area contributed by atoms with Crippen LogP contribution in [0.2, 0.25) is 0 Å². The fraction of sp³-hybridized carbons (Fsp3) is 0.0556. The summed E-state index contributed by atoms with van der Waals surface area (Å²) < 4.78 is 26.1. The molecule has 0 bridgehead atoms. The topological polar surface area (TPSA) is 80.2 Å². The van der Waals surface area contributed by atoms with Crippen LogP contribution < -0.4 is 10.0 Å². The van der Waals surface area contributed by atoms with Crippen molar-refractivity contribution in [1.29, 1.82) is 0 Å². The van der Waals surface area contributed by atoms with Gasteiger partial charge in [-0.05, 0) is 30.3 Å². The van der Waals surface area contributed by atoms with Gasteiger partial charge in [0, 0.05) is 52.2 Å². The molecule has 0 unspecified atom stereocenters. The van der Waals surface area contributed by atoms with E-state index >= 15 is 0 Å². The third-order valence-electron chi connectivity index (χ3n) is 4.25. The number of hydrogen-bond acceptors (Lipinski definition) is 3. The van der Waals surface area contributed by atoms with Gasteiger partial charge in [-0.15, -0.1) is 0 Å². The van der Waals surface area contributed by atoms with Crippen LogP contribution >= 0.6 is 0 Å². The van der Waals surface area contributed by atoms with Crippen LogP contribution in [0.3, 0.4) is 0 Å². The molecule has 2 N–H and O–H groups in total. The minimum absolute atomic E-state index is 0.202. The number of thiol groups is 1. The smallest absolute Gasteiger partial charge is 0.256 e. The third kappa shape index (κ3) is 2.68. The molecule has 0 radical (unpaired) electrons. The summed E-state index contributed by atoms with van der Waals surface area (Å²) in [6, 6.07) is 12.9. The molecule has 0 aliphatic carbocycles. The highest BCUT2D eigenvalue weighted by atomic mass is 32.2. The van der Waals surface area contributed by atoms with Crippen molar-refractivity contribution < 1.29 is 13.2 Å². The predicted molar refractivity (Wildman–Crippen MR) is 99.8 cm³/mol. The minimum Gasteiger partial charge on any atom is -0.350 e. The lowest BCUT2D eigenvalue weighted by molar-refractivity contribution is -0.110. The Morgan fingerprint density at radius 2 is 1.96 bits per heavy atom. The molecular weight excluding hydrogens is 338 g/mol. The highest BCUT2D eigenvalue weighted by Gasteiger charge is 2.25. The molecule has 0 saturated carbocycles. The minimum atomic E-state index is -2.76. The summed E-state index contributed by atoms with van der Waals surface area (Å²) in [5.74, 6) is -0.202. The van der Waals surface area contributed by atoms with Gasteiger partial charge in [-0.3, -0.25) is 9.52 Å². The van der Waals surface area contributed by atoms with E-state index in [9.17, 15) is 13.2 Å². The summed E-state index contributed by atoms with van der Waals surface area (Å²) in [5.41, 5.74) is 4.30. The summed E-state index contributed by atoms with van der Waals surface area (Å²) in [6.45, 7) is 0. The quantitative estimate of drug-likeness (QED) is 0.500. The van der Waals surface area contributed by atoms with Gasteiger partial charge in [0.05, 0.1) is 0 Å². The van der Waals surface area contributed by atoms with Crippen molar-refractivity contribution in [1.82, 2.24) is 4.57 Å². The van der Waals surface area contributed by atoms with Crippen LogP contribution in [-0.2, 0) is 22.7 Å². The summed E-state index contributed by atoms with van der Waals surface area (Å²) in [7, 11) is -0.797. The molecule has 2 aromatic carbocycles. The molecule has 4 rings (SSSR count). The van der Waals surface area contributed by atoms with Crippen molar-refractivity contribution in [3.8, 4) is 0 Å². The zero-order valence-corrected chi connectivity index (χ0v) is 14.2. The van der Waals surface area contributed by atoms with Crippen molar-refractivity contribution in [2.45, 2.75) is 0 Å². The highest BCUT2D eigenvalue weighted by Crippen LogP contribution is 2.36. The number of fused-ring (bicyclic) bond motifs is 2. The van der Waals surface area contributed by atoms with Crippen LogP contribution in [0.1, 0.15) is 11.1 Å². The van der Waals surface area contributed by atoms with Crippen molar-refractivity contribution in [3.63, 3.8) is 0 Å². The van der Waals surface area contributed by atoms with Gasteiger partial charge in [0.15, 0.2) is 0 Å². The average Bonchev–Trinajstić information content (AvgIpc) is 3.06. The molecule has 0 fully saturated rings. The largest absolute Gasteiger partial charge is 0.350 e. The molecule has 1 aromatic heterocycles. The van der Waals surface area contributed by atoms with Gasteiger partial charge in [0.25, 0.3) is 5.91 Å². The summed E-state index contributed by atoms with van der Waals surface area (Å²) in [5, 5.41) is 3.86. The van der Waals surface area contributed by atoms with Crippen LogP contribution in [0.5, 0.6) is 0 Å². The SMILES string of the molecule is Cn1cc(/C=C2\C(=O)Nc3ccc(N[SH](=O)=O)cc32)c2ccccc21. The molecule has 1 aliphatic rings. The Morgan fingerprint density at radius 3 is 2.76 bits per heavy atom. The van der Waals surface area contributed by atoms with E-state index in [1.54, 1.807) is 18.2 Å². The maximum atomic E-state index is 12.4. The number of anilines is 2. The van der Waals surface area contributed by atoms with E-state index in [1.165, 1.54) is 0 Å². The number of amides is 1. The van der Waals surface area contributed by atoms with Gasteiger partial charge in [-0.25, -0.2) is 8.42 Å². The van der Waals surface area contributed by atoms with E-state index in [0.717, 1.165) is 16.5 Å². The molecule has 2 heterocycles. The van der Waals surface area contributed by atoms with Crippen molar-refractivity contribution in [3.05, 3.63) is 59.8 Å². The first-order valence-corrected chi connectivity index (χ1v) is 8.83. The zero-order valence-electron chi connectivity index (χ0n) is 13.3. The van der Waals surface area contributed by atoms with E-state index in [4.69, 9.17) is 0 Å². The molecule has 0 saturated heterocycles. The molecule has 1 aliphatic heterocycles. The number of carbonyl (C=O) groups excluding carboxylic acids is 1. The Labute approximate surface area is 145 Å². The first-order valence-electron chi connectivity index (χ1n) is 7.65. The predicted octanol–water partition coefficient (Wildman–Crippen LogP) is 2.61. The summed E-state index contributed by atoms with van der Waals surface area (Å²) >= 11 is 0. The molecule has 25 heavy (non-hydrogen) atoms. The first kappa shape index (κ1) is 15.5. The lowest BCUT2D eigenvalue weighted by Gasteiger charge is -2.03. The number of carbonyl (C=O) groups is 1. The number of aryl methyl sites for hydroxylation is 1. The third-order valence-corrected chi connectivity index (χ3v) is 4.69. The molecule has 126 valence electrons. The Balaban J connectivity index is 1.86. The number of nitrogens with one attached hydrogen (secondary N) is 2. The maximum absolute atomic E-state index is 12.4. The standard InChI is InChI=1S/C18H15N3O3S/c1-21-10-11(13-4-2-3-5-17(13)21)8-15-14-9-12(20-25(23)24)6-7-16(14)19-18(15)22/h2-10,25H,1H3,(H,19,22)(H,20,23,24)/b15-8-. The average molecular weight is 353 g/mol. The zero-order chi connectivity index (χ0) is 17.6. The van der Waals surface area contributed by atoms with E-state index in [2.05, 4.69) is 10.0 Å². The fourth-order valence-corrected chi connectivity index (χ4v) is 3.50. The number of hydrogen-bond donors (Lipinski definition) is 3. The first-order chi connectivity index (χ1) is 12.0. The second-order valence-electron chi connectivity index (χ2n) is 5.85. The molecule has 3 aromatic rings. The number of rotatable bonds is 3. The van der Waals surface area contributed by atoms with Gasteiger partial charge in [-0.2, -0.15) is 0 Å². The molecule has 0 atom stereocenters. The maximum Gasteiger partial charge on any atom is 0.256 e. The molecule has 0 spiro atoms. The van der Waals surface area contributed by atoms with Crippen LogP contribution in [0.25, 0.3) is 22.6 Å². The van der Waals surface area contributed by atoms with E-state index in [-0.39, 0.29) is 5.91 Å². The normalized spacial score (nSPS) is 15.0. The number of nitrogens with zero attached hydrogens (tertiary/aromatic N) is 1. The van der Waals surface area contributed by atoms with Crippen molar-refractivity contribution >= 4 is 50.7 Å². The van der Waals surface area contributed by atoms with Gasteiger partial charge >= 0.3 is 0 Å². The fourth-order valence-electron chi connectivity index (χ4n) is 3.15. The number of benzene rings is 2. The Bertz CT molecular complexity index is 1120. The van der Waals surface area contributed by atoms with E-state index in [1.807, 2.05) is 48.2 Å². The summed E-state index contributed by atoms with van der Waals surface area (Å²) in [6.07, 6.45) is 3.81. The monoisotopic (exact) mass is 353 g/mol. The Hall–Kier alpha value is -3.06. The van der Waals surface area contributed by atoms with Crippen LogP contribution in [-0.4, -0.2) is 18.9 Å². The number of aromatic nitrogens is 1. The van der Waals surface area contributed by atoms with Crippen molar-refractivity contribution in [2.75, 3.05) is 10.0 Å². The van der Waals surface area contributed by atoms with Crippen LogP contribution in [0.4, 0.5) is 11.4 Å². The molecule has 7 heteroatoms. The molecular formula is C18H15N3O3S. The van der Waals surface area contributed by atoms with Gasteiger partial charge in [0.1, 0.15) is 0 Å². The Kier molecular flexibility index (Phi) is 3.58. The second-order valence-corrected chi connectivity index (χ2v) is 6.59. The second kappa shape index (κ2) is 5.78. The summed E-state index contributed by atoms with van der Waals surface area (Å²) in [4.78, 5) is 12.4. The lowest BCUT2D eigenvalue weighted by atomic mass is 10.0.